The minimum absolute atomic E-state index is 0.319. The van der Waals surface area contributed by atoms with Crippen molar-refractivity contribution in [2.75, 3.05) is 11.9 Å². The summed E-state index contributed by atoms with van der Waals surface area (Å²) >= 11 is 0. The molecule has 20 heavy (non-hydrogen) atoms. The summed E-state index contributed by atoms with van der Waals surface area (Å²) in [6.45, 7) is 0. The van der Waals surface area contributed by atoms with Crippen LogP contribution in [0.3, 0.4) is 0 Å². The summed E-state index contributed by atoms with van der Waals surface area (Å²) in [7, 11) is 1.89. The molecule has 2 N–H and O–H groups in total. The van der Waals surface area contributed by atoms with Crippen molar-refractivity contribution in [3.8, 4) is 5.75 Å². The van der Waals surface area contributed by atoms with E-state index < -0.39 is 11.9 Å². The van der Waals surface area contributed by atoms with Gasteiger partial charge in [0.15, 0.2) is 11.6 Å². The first kappa shape index (κ1) is 12.9. The number of anilines is 1. The molecule has 0 unspecified atom stereocenters. The highest BCUT2D eigenvalue weighted by Gasteiger charge is 2.32. The number of aromatic hydroxyl groups is 1. The highest BCUT2D eigenvalue weighted by Crippen LogP contribution is 2.38. The quantitative estimate of drug-likeness (QED) is 0.839. The van der Waals surface area contributed by atoms with Crippen molar-refractivity contribution >= 4 is 5.69 Å². The van der Waals surface area contributed by atoms with Crippen molar-refractivity contribution < 1.29 is 14.6 Å². The lowest BCUT2D eigenvalue weighted by Crippen LogP contribution is -2.39. The van der Waals surface area contributed by atoms with Crippen LogP contribution < -0.4 is 4.90 Å². The minimum atomic E-state index is -0.665. The first-order chi connectivity index (χ1) is 9.58. The van der Waals surface area contributed by atoms with Gasteiger partial charge in [-0.25, -0.2) is 4.39 Å². The van der Waals surface area contributed by atoms with Gasteiger partial charge in [0.25, 0.3) is 0 Å². The zero-order valence-electron chi connectivity index (χ0n) is 11.1. The molecular weight excluding hydrogens is 257 g/mol. The molecule has 1 aliphatic heterocycles. The van der Waals surface area contributed by atoms with E-state index in [0.717, 1.165) is 11.3 Å². The Balaban J connectivity index is 2.03. The van der Waals surface area contributed by atoms with Crippen molar-refractivity contribution in [3.63, 3.8) is 0 Å². The summed E-state index contributed by atoms with van der Waals surface area (Å²) in [6.07, 6.45) is -0.0768. The Kier molecular flexibility index (Phi) is 3.10. The van der Waals surface area contributed by atoms with E-state index in [9.17, 15) is 14.6 Å². The first-order valence-corrected chi connectivity index (χ1v) is 6.55. The Morgan fingerprint density at radius 3 is 2.70 bits per heavy atom. The molecule has 0 amide bonds. The van der Waals surface area contributed by atoms with Crippen LogP contribution in [-0.4, -0.2) is 23.4 Å². The normalized spacial score (nSPS) is 21.6. The Hall–Kier alpha value is -2.07. The fourth-order valence-corrected chi connectivity index (χ4v) is 2.93. The fourth-order valence-electron chi connectivity index (χ4n) is 2.93. The Labute approximate surface area is 116 Å². The number of aliphatic hydroxyl groups excluding tert-OH is 1. The lowest BCUT2D eigenvalue weighted by Gasteiger charge is -2.39. The van der Waals surface area contributed by atoms with Gasteiger partial charge in [0.1, 0.15) is 0 Å². The van der Waals surface area contributed by atoms with E-state index in [1.54, 1.807) is 6.07 Å². The van der Waals surface area contributed by atoms with Crippen LogP contribution in [0.1, 0.15) is 17.2 Å². The molecule has 4 heteroatoms. The third-order valence-corrected chi connectivity index (χ3v) is 3.90. The summed E-state index contributed by atoms with van der Waals surface area (Å²) in [5.41, 5.74) is 2.78. The minimum Gasteiger partial charge on any atom is -0.505 e. The molecular formula is C16H16FNO2. The Bertz CT molecular complexity index is 644. The Morgan fingerprint density at radius 2 is 1.95 bits per heavy atom. The van der Waals surface area contributed by atoms with Crippen LogP contribution in [-0.2, 0) is 6.42 Å². The zero-order valence-corrected chi connectivity index (χ0v) is 11.1. The molecule has 0 saturated carbocycles. The van der Waals surface area contributed by atoms with Crippen LogP contribution in [0.4, 0.5) is 10.1 Å². The molecule has 104 valence electrons. The maximum atomic E-state index is 13.5. The van der Waals surface area contributed by atoms with Gasteiger partial charge in [-0.05, 0) is 29.3 Å². The number of phenolic OH excluding ortho intramolecular Hbond substituents is 1. The number of para-hydroxylation sites is 1. The number of nitrogens with zero attached hydrogens (tertiary/aromatic N) is 1. The van der Waals surface area contributed by atoms with Crippen molar-refractivity contribution in [2.24, 2.45) is 0 Å². The second-order valence-electron chi connectivity index (χ2n) is 5.17. The summed E-state index contributed by atoms with van der Waals surface area (Å²) in [6, 6.07) is 11.8. The average Bonchev–Trinajstić information content (AvgIpc) is 2.43. The van der Waals surface area contributed by atoms with E-state index >= 15 is 0 Å². The van der Waals surface area contributed by atoms with Gasteiger partial charge in [0.05, 0.1) is 12.1 Å². The van der Waals surface area contributed by atoms with Crippen LogP contribution in [0.2, 0.25) is 0 Å². The largest absolute Gasteiger partial charge is 0.505 e. The van der Waals surface area contributed by atoms with Gasteiger partial charge in [-0.3, -0.25) is 0 Å². The smallest absolute Gasteiger partial charge is 0.165 e. The van der Waals surface area contributed by atoms with Gasteiger partial charge in [0, 0.05) is 19.2 Å². The van der Waals surface area contributed by atoms with Gasteiger partial charge in [0.2, 0.25) is 0 Å². The Morgan fingerprint density at radius 1 is 1.20 bits per heavy atom. The summed E-state index contributed by atoms with van der Waals surface area (Å²) in [5.74, 6) is -1.04. The van der Waals surface area contributed by atoms with E-state index in [-0.39, 0.29) is 11.8 Å². The lowest BCUT2D eigenvalue weighted by molar-refractivity contribution is 0.136. The van der Waals surface area contributed by atoms with Crippen LogP contribution >= 0.6 is 0 Å². The number of likely N-dealkylation sites (N-methyl/N-ethyl adjacent to an activating group) is 1. The lowest BCUT2D eigenvalue weighted by atomic mass is 9.89. The highest BCUT2D eigenvalue weighted by atomic mass is 19.1. The molecule has 3 nitrogen and oxygen atoms in total. The van der Waals surface area contributed by atoms with Crippen molar-refractivity contribution in [2.45, 2.75) is 18.6 Å². The van der Waals surface area contributed by atoms with Gasteiger partial charge in [-0.15, -0.1) is 0 Å². The maximum absolute atomic E-state index is 13.5. The molecule has 3 rings (SSSR count). The van der Waals surface area contributed by atoms with Crippen LogP contribution in [0.15, 0.2) is 42.5 Å². The second-order valence-corrected chi connectivity index (χ2v) is 5.17. The standard InChI is InChI=1S/C16H16FNO2/c1-18-13-5-3-2-4-10(13)9-15(20)16(18)11-6-7-14(19)12(17)8-11/h2-8,15-16,19-20H,9H2,1H3/t15-,16-/m0/s1. The molecule has 1 aliphatic rings. The van der Waals surface area contributed by atoms with Gasteiger partial charge >= 0.3 is 0 Å². The van der Waals surface area contributed by atoms with Crippen LogP contribution in [0.25, 0.3) is 0 Å². The van der Waals surface area contributed by atoms with Crippen molar-refractivity contribution in [1.29, 1.82) is 0 Å². The molecule has 1 heterocycles. The molecule has 2 atom stereocenters. The second kappa shape index (κ2) is 4.80. The van der Waals surface area contributed by atoms with Crippen molar-refractivity contribution in [1.82, 2.24) is 0 Å². The summed E-state index contributed by atoms with van der Waals surface area (Å²) < 4.78 is 13.5. The van der Waals surface area contributed by atoms with E-state index in [1.165, 1.54) is 12.1 Å². The number of hydrogen-bond donors (Lipinski definition) is 2. The van der Waals surface area contributed by atoms with E-state index in [1.807, 2.05) is 36.2 Å². The molecule has 2 aromatic rings. The van der Waals surface area contributed by atoms with E-state index in [4.69, 9.17) is 0 Å². The molecule has 0 bridgehead atoms. The highest BCUT2D eigenvalue weighted by molar-refractivity contribution is 5.58. The summed E-state index contributed by atoms with van der Waals surface area (Å²) in [5, 5.41) is 19.7. The number of aliphatic hydroxyl groups is 1. The monoisotopic (exact) mass is 273 g/mol. The number of phenols is 1. The third-order valence-electron chi connectivity index (χ3n) is 3.90. The number of benzene rings is 2. The molecule has 0 fully saturated rings. The topological polar surface area (TPSA) is 43.7 Å². The number of fused-ring (bicyclic) bond motifs is 1. The third kappa shape index (κ3) is 2.02. The molecule has 0 aliphatic carbocycles. The fraction of sp³-hybridized carbons (Fsp3) is 0.250. The van der Waals surface area contributed by atoms with E-state index in [0.29, 0.717) is 12.0 Å². The van der Waals surface area contributed by atoms with Gasteiger partial charge < -0.3 is 15.1 Å². The van der Waals surface area contributed by atoms with E-state index in [2.05, 4.69) is 0 Å². The molecule has 0 radical (unpaired) electrons. The SMILES string of the molecule is CN1c2ccccc2C[C@H](O)[C@@H]1c1ccc(O)c(F)c1. The molecule has 0 saturated heterocycles. The van der Waals surface area contributed by atoms with Crippen LogP contribution in [0.5, 0.6) is 5.75 Å². The summed E-state index contributed by atoms with van der Waals surface area (Å²) in [4.78, 5) is 1.95. The number of hydrogen-bond acceptors (Lipinski definition) is 3. The number of halogens is 1. The molecule has 2 aromatic carbocycles. The van der Waals surface area contributed by atoms with Crippen molar-refractivity contribution in [3.05, 3.63) is 59.4 Å². The first-order valence-electron chi connectivity index (χ1n) is 6.55. The molecule has 0 spiro atoms. The number of rotatable bonds is 1. The van der Waals surface area contributed by atoms with Crippen LogP contribution in [0, 0.1) is 5.82 Å². The van der Waals surface area contributed by atoms with Gasteiger partial charge in [-0.1, -0.05) is 24.3 Å². The average molecular weight is 273 g/mol. The predicted molar refractivity (Wildman–Crippen MR) is 75.4 cm³/mol. The van der Waals surface area contributed by atoms with Gasteiger partial charge in [-0.2, -0.15) is 0 Å². The molecule has 0 aromatic heterocycles. The predicted octanol–water partition coefficient (Wildman–Crippen LogP) is 2.63. The zero-order chi connectivity index (χ0) is 14.3. The maximum Gasteiger partial charge on any atom is 0.165 e.